The Bertz CT molecular complexity index is 1040. The standard InChI is InChI=1S/C23H26N2O5/c1-5-21(26)30-17-9-7-16(23-15(17)8-10-20(24)25-23)22-18(27-3)11-14(13-29-6-2)12-19(22)28-4/h7-12H,5-6,13H2,1-4H3,(H2,24,25). The van der Waals surface area contributed by atoms with Crippen LogP contribution in [0.25, 0.3) is 22.0 Å². The maximum absolute atomic E-state index is 11.9. The molecule has 0 atom stereocenters. The predicted molar refractivity (Wildman–Crippen MR) is 116 cm³/mol. The van der Waals surface area contributed by atoms with E-state index in [0.29, 0.717) is 47.2 Å². The largest absolute Gasteiger partial charge is 0.496 e. The van der Waals surface area contributed by atoms with Crippen LogP contribution in [-0.2, 0) is 16.1 Å². The molecule has 0 radical (unpaired) electrons. The van der Waals surface area contributed by atoms with Crippen molar-refractivity contribution in [2.75, 3.05) is 26.6 Å². The molecule has 0 aliphatic carbocycles. The second-order valence-electron chi connectivity index (χ2n) is 6.58. The molecule has 0 aliphatic rings. The van der Waals surface area contributed by atoms with Crippen molar-refractivity contribution in [3.05, 3.63) is 42.0 Å². The number of esters is 1. The van der Waals surface area contributed by atoms with E-state index in [1.165, 1.54) is 0 Å². The third-order valence-electron chi connectivity index (χ3n) is 4.66. The highest BCUT2D eigenvalue weighted by Gasteiger charge is 2.20. The molecule has 0 bridgehead atoms. The first-order valence-electron chi connectivity index (χ1n) is 9.75. The Hall–Kier alpha value is -3.32. The minimum Gasteiger partial charge on any atom is -0.496 e. The van der Waals surface area contributed by atoms with E-state index in [2.05, 4.69) is 4.98 Å². The maximum atomic E-state index is 11.9. The summed E-state index contributed by atoms with van der Waals surface area (Å²) in [7, 11) is 3.20. The average molecular weight is 410 g/mol. The Morgan fingerprint density at radius 2 is 1.70 bits per heavy atom. The molecule has 7 nitrogen and oxygen atoms in total. The summed E-state index contributed by atoms with van der Waals surface area (Å²) in [4.78, 5) is 16.4. The highest BCUT2D eigenvalue weighted by molar-refractivity contribution is 6.01. The highest BCUT2D eigenvalue weighted by Crippen LogP contribution is 2.44. The molecule has 2 N–H and O–H groups in total. The van der Waals surface area contributed by atoms with Crippen LogP contribution in [0.3, 0.4) is 0 Å². The van der Waals surface area contributed by atoms with E-state index in [-0.39, 0.29) is 12.4 Å². The molecular formula is C23H26N2O5. The zero-order valence-electron chi connectivity index (χ0n) is 17.7. The number of nitrogens with two attached hydrogens (primary N) is 1. The first-order valence-corrected chi connectivity index (χ1v) is 9.75. The molecule has 0 saturated carbocycles. The minimum atomic E-state index is -0.323. The van der Waals surface area contributed by atoms with Crippen molar-refractivity contribution in [2.45, 2.75) is 26.9 Å². The summed E-state index contributed by atoms with van der Waals surface area (Å²) in [5.74, 6) is 1.70. The number of nitrogens with zero attached hydrogens (tertiary/aromatic N) is 1. The van der Waals surface area contributed by atoms with Gasteiger partial charge in [-0.25, -0.2) is 4.98 Å². The Balaban J connectivity index is 2.25. The zero-order chi connectivity index (χ0) is 21.7. The highest BCUT2D eigenvalue weighted by atomic mass is 16.5. The first kappa shape index (κ1) is 21.4. The number of nitrogen functional groups attached to an aromatic ring is 1. The molecule has 3 rings (SSSR count). The van der Waals surface area contributed by atoms with Gasteiger partial charge in [-0.2, -0.15) is 0 Å². The summed E-state index contributed by atoms with van der Waals surface area (Å²) in [5, 5.41) is 0.672. The molecule has 0 amide bonds. The molecule has 2 aromatic carbocycles. The second kappa shape index (κ2) is 9.45. The van der Waals surface area contributed by atoms with Crippen LogP contribution in [0.1, 0.15) is 25.8 Å². The van der Waals surface area contributed by atoms with Gasteiger partial charge >= 0.3 is 5.97 Å². The van der Waals surface area contributed by atoms with Gasteiger partial charge < -0.3 is 24.7 Å². The van der Waals surface area contributed by atoms with Crippen LogP contribution in [0.5, 0.6) is 17.2 Å². The van der Waals surface area contributed by atoms with Gasteiger partial charge in [-0.15, -0.1) is 0 Å². The van der Waals surface area contributed by atoms with Gasteiger partial charge in [0.05, 0.1) is 31.9 Å². The molecule has 0 spiro atoms. The van der Waals surface area contributed by atoms with Crippen molar-refractivity contribution in [2.24, 2.45) is 0 Å². The van der Waals surface area contributed by atoms with Crippen molar-refractivity contribution in [1.29, 1.82) is 0 Å². The van der Waals surface area contributed by atoms with E-state index < -0.39 is 0 Å². The smallest absolute Gasteiger partial charge is 0.310 e. The molecule has 30 heavy (non-hydrogen) atoms. The van der Waals surface area contributed by atoms with E-state index in [4.69, 9.17) is 24.7 Å². The lowest BCUT2D eigenvalue weighted by molar-refractivity contribution is -0.133. The Morgan fingerprint density at radius 1 is 1.00 bits per heavy atom. The number of aromatic nitrogens is 1. The van der Waals surface area contributed by atoms with Crippen molar-refractivity contribution < 1.29 is 23.7 Å². The number of methoxy groups -OCH3 is 2. The molecule has 0 fully saturated rings. The van der Waals surface area contributed by atoms with Gasteiger partial charge in [-0.3, -0.25) is 4.79 Å². The Morgan fingerprint density at radius 3 is 2.30 bits per heavy atom. The molecule has 7 heteroatoms. The molecule has 3 aromatic rings. The number of hydrogen-bond donors (Lipinski definition) is 1. The van der Waals surface area contributed by atoms with Crippen LogP contribution < -0.4 is 19.9 Å². The number of pyridine rings is 1. The van der Waals surface area contributed by atoms with Crippen molar-refractivity contribution in [3.63, 3.8) is 0 Å². The summed E-state index contributed by atoms with van der Waals surface area (Å²) in [6.45, 7) is 4.74. The summed E-state index contributed by atoms with van der Waals surface area (Å²) in [6.07, 6.45) is 0.272. The molecule has 0 unspecified atom stereocenters. The van der Waals surface area contributed by atoms with Crippen LogP contribution in [0, 0.1) is 0 Å². The lowest BCUT2D eigenvalue weighted by Crippen LogP contribution is -2.06. The number of anilines is 1. The summed E-state index contributed by atoms with van der Waals surface area (Å²) < 4.78 is 22.4. The van der Waals surface area contributed by atoms with Crippen LogP contribution in [0.15, 0.2) is 36.4 Å². The molecule has 0 saturated heterocycles. The molecule has 1 aromatic heterocycles. The van der Waals surface area contributed by atoms with Crippen molar-refractivity contribution in [1.82, 2.24) is 4.98 Å². The normalized spacial score (nSPS) is 10.8. The summed E-state index contributed by atoms with van der Waals surface area (Å²) in [5.41, 5.74) is 8.98. The molecule has 1 heterocycles. The van der Waals surface area contributed by atoms with E-state index in [9.17, 15) is 4.79 Å². The lowest BCUT2D eigenvalue weighted by Gasteiger charge is -2.18. The van der Waals surface area contributed by atoms with Crippen LogP contribution >= 0.6 is 0 Å². The zero-order valence-corrected chi connectivity index (χ0v) is 17.7. The van der Waals surface area contributed by atoms with Gasteiger partial charge in [-0.1, -0.05) is 6.92 Å². The van der Waals surface area contributed by atoms with Gasteiger partial charge in [-0.05, 0) is 48.9 Å². The first-order chi connectivity index (χ1) is 14.5. The SMILES string of the molecule is CCOCc1cc(OC)c(-c2ccc(OC(=O)CC)c3ccc(N)nc23)c(OC)c1. The number of rotatable bonds is 8. The number of hydrogen-bond acceptors (Lipinski definition) is 7. The minimum absolute atomic E-state index is 0.272. The predicted octanol–water partition coefficient (Wildman–Crippen LogP) is 4.35. The molecular weight excluding hydrogens is 384 g/mol. The van der Waals surface area contributed by atoms with E-state index >= 15 is 0 Å². The maximum Gasteiger partial charge on any atom is 0.310 e. The van der Waals surface area contributed by atoms with Gasteiger partial charge in [0.2, 0.25) is 0 Å². The Labute approximate surface area is 175 Å². The number of carbonyl (C=O) groups is 1. The fourth-order valence-corrected chi connectivity index (χ4v) is 3.23. The van der Waals surface area contributed by atoms with Gasteiger partial charge in [0, 0.05) is 24.0 Å². The number of carbonyl (C=O) groups excluding carboxylic acids is 1. The fraction of sp³-hybridized carbons (Fsp3) is 0.304. The van der Waals surface area contributed by atoms with Crippen LogP contribution in [0.4, 0.5) is 5.82 Å². The monoisotopic (exact) mass is 410 g/mol. The quantitative estimate of drug-likeness (QED) is 0.436. The van der Waals surface area contributed by atoms with E-state index in [0.717, 1.165) is 16.7 Å². The Kier molecular flexibility index (Phi) is 6.74. The van der Waals surface area contributed by atoms with Crippen LogP contribution in [-0.4, -0.2) is 31.8 Å². The summed E-state index contributed by atoms with van der Waals surface area (Å²) in [6, 6.07) is 10.9. The number of ether oxygens (including phenoxy) is 4. The van der Waals surface area contributed by atoms with Gasteiger partial charge in [0.1, 0.15) is 23.1 Å². The lowest BCUT2D eigenvalue weighted by atomic mass is 9.97. The summed E-state index contributed by atoms with van der Waals surface area (Å²) >= 11 is 0. The number of fused-ring (bicyclic) bond motifs is 1. The molecule has 0 aliphatic heterocycles. The third-order valence-corrected chi connectivity index (χ3v) is 4.66. The molecule has 158 valence electrons. The topological polar surface area (TPSA) is 92.9 Å². The average Bonchev–Trinajstić information content (AvgIpc) is 2.77. The third kappa shape index (κ3) is 4.31. The van der Waals surface area contributed by atoms with E-state index in [1.807, 2.05) is 25.1 Å². The van der Waals surface area contributed by atoms with Gasteiger partial charge in [0.15, 0.2) is 0 Å². The van der Waals surface area contributed by atoms with E-state index in [1.54, 1.807) is 39.3 Å². The number of benzene rings is 2. The fourth-order valence-electron chi connectivity index (χ4n) is 3.23. The van der Waals surface area contributed by atoms with Crippen molar-refractivity contribution in [3.8, 4) is 28.4 Å². The van der Waals surface area contributed by atoms with Gasteiger partial charge in [0.25, 0.3) is 0 Å². The van der Waals surface area contributed by atoms with Crippen LogP contribution in [0.2, 0.25) is 0 Å². The van der Waals surface area contributed by atoms with Crippen molar-refractivity contribution >= 4 is 22.7 Å². The second-order valence-corrected chi connectivity index (χ2v) is 6.58.